The minimum absolute atomic E-state index is 0.0554. The standard InChI is InChI=1S/C23H19F2N3O/c24-19-11-20-22(28-13-27-20)21(25)23(19)29-18-7-5-14(6-8-18)12-26-17-9-15-3-1-2-4-16(15)10-17/h1-8,11,13,17,26H,9-10,12H2,(H,27,28). The van der Waals surface area contributed by atoms with Gasteiger partial charge in [-0.05, 0) is 41.7 Å². The van der Waals surface area contributed by atoms with Crippen LogP contribution in [0.5, 0.6) is 11.5 Å². The highest BCUT2D eigenvalue weighted by Gasteiger charge is 2.20. The maximum atomic E-state index is 14.5. The molecule has 5 rings (SSSR count). The molecule has 6 heteroatoms. The first-order valence-corrected chi connectivity index (χ1v) is 9.55. The van der Waals surface area contributed by atoms with Gasteiger partial charge in [0.1, 0.15) is 11.3 Å². The Hall–Kier alpha value is -3.25. The Kier molecular flexibility index (Phi) is 4.48. The number of aromatic nitrogens is 2. The quantitative estimate of drug-likeness (QED) is 0.509. The fourth-order valence-electron chi connectivity index (χ4n) is 3.85. The number of ether oxygens (including phenoxy) is 1. The third-order valence-electron chi connectivity index (χ3n) is 5.35. The molecule has 2 N–H and O–H groups in total. The Morgan fingerprint density at radius 3 is 2.48 bits per heavy atom. The molecule has 1 aliphatic carbocycles. The Morgan fingerprint density at radius 1 is 1.03 bits per heavy atom. The second-order valence-corrected chi connectivity index (χ2v) is 7.30. The van der Waals surface area contributed by atoms with Gasteiger partial charge < -0.3 is 15.0 Å². The second-order valence-electron chi connectivity index (χ2n) is 7.30. The first-order valence-electron chi connectivity index (χ1n) is 9.55. The minimum Gasteiger partial charge on any atom is -0.451 e. The average molecular weight is 391 g/mol. The number of H-pyrrole nitrogens is 1. The van der Waals surface area contributed by atoms with E-state index in [9.17, 15) is 8.78 Å². The number of hydrogen-bond donors (Lipinski definition) is 2. The summed E-state index contributed by atoms with van der Waals surface area (Å²) in [5.74, 6) is -1.66. The summed E-state index contributed by atoms with van der Waals surface area (Å²) in [6, 6.07) is 17.3. The lowest BCUT2D eigenvalue weighted by Crippen LogP contribution is -2.28. The number of halogens is 2. The van der Waals surface area contributed by atoms with Gasteiger partial charge in [0.05, 0.1) is 11.8 Å². The highest BCUT2D eigenvalue weighted by molar-refractivity contribution is 5.77. The van der Waals surface area contributed by atoms with Crippen molar-refractivity contribution in [3.05, 3.63) is 89.2 Å². The van der Waals surface area contributed by atoms with Crippen molar-refractivity contribution in [2.24, 2.45) is 0 Å². The van der Waals surface area contributed by atoms with Crippen molar-refractivity contribution in [1.29, 1.82) is 0 Å². The van der Waals surface area contributed by atoms with Crippen LogP contribution in [0.1, 0.15) is 16.7 Å². The van der Waals surface area contributed by atoms with Crippen LogP contribution in [-0.2, 0) is 19.4 Å². The molecule has 4 nitrogen and oxygen atoms in total. The van der Waals surface area contributed by atoms with Gasteiger partial charge in [-0.1, -0.05) is 36.4 Å². The third kappa shape index (κ3) is 3.47. The Morgan fingerprint density at radius 2 is 1.76 bits per heavy atom. The summed E-state index contributed by atoms with van der Waals surface area (Å²) in [7, 11) is 0. The molecule has 0 atom stereocenters. The molecule has 0 bridgehead atoms. The lowest BCUT2D eigenvalue weighted by molar-refractivity contribution is 0.410. The topological polar surface area (TPSA) is 49.9 Å². The molecule has 0 radical (unpaired) electrons. The molecule has 29 heavy (non-hydrogen) atoms. The molecule has 0 unspecified atom stereocenters. The monoisotopic (exact) mass is 391 g/mol. The molecule has 0 aliphatic heterocycles. The predicted molar refractivity (Wildman–Crippen MR) is 107 cm³/mol. The fraction of sp³-hybridized carbons (Fsp3) is 0.174. The molecular weight excluding hydrogens is 372 g/mol. The maximum absolute atomic E-state index is 14.5. The zero-order chi connectivity index (χ0) is 19.8. The Balaban J connectivity index is 1.24. The van der Waals surface area contributed by atoms with Gasteiger partial charge in [0.15, 0.2) is 11.6 Å². The first-order chi connectivity index (χ1) is 14.2. The van der Waals surface area contributed by atoms with Crippen molar-refractivity contribution >= 4 is 11.0 Å². The molecule has 0 saturated heterocycles. The number of imidazole rings is 1. The van der Waals surface area contributed by atoms with Crippen LogP contribution in [-0.4, -0.2) is 16.0 Å². The van der Waals surface area contributed by atoms with Crippen molar-refractivity contribution in [3.63, 3.8) is 0 Å². The number of nitrogens with one attached hydrogen (secondary N) is 2. The number of benzene rings is 3. The molecule has 1 heterocycles. The summed E-state index contributed by atoms with van der Waals surface area (Å²) in [5.41, 5.74) is 4.25. The molecule has 1 aromatic heterocycles. The lowest BCUT2D eigenvalue weighted by atomic mass is 10.1. The van der Waals surface area contributed by atoms with Gasteiger partial charge in [-0.25, -0.2) is 13.8 Å². The number of aromatic amines is 1. The Bertz CT molecular complexity index is 1150. The SMILES string of the molecule is Fc1cc2[nH]cnc2c(F)c1Oc1ccc(CNC2Cc3ccccc3C2)cc1. The summed E-state index contributed by atoms with van der Waals surface area (Å²) in [5, 5.41) is 3.58. The van der Waals surface area contributed by atoms with Crippen LogP contribution in [0.3, 0.4) is 0 Å². The molecule has 1 aliphatic rings. The highest BCUT2D eigenvalue weighted by Crippen LogP contribution is 2.32. The number of fused-ring (bicyclic) bond motifs is 2. The van der Waals surface area contributed by atoms with E-state index >= 15 is 0 Å². The fourth-order valence-corrected chi connectivity index (χ4v) is 3.85. The molecule has 0 saturated carbocycles. The smallest absolute Gasteiger partial charge is 0.201 e. The largest absolute Gasteiger partial charge is 0.451 e. The summed E-state index contributed by atoms with van der Waals surface area (Å²) in [4.78, 5) is 6.56. The number of hydrogen-bond acceptors (Lipinski definition) is 3. The summed E-state index contributed by atoms with van der Waals surface area (Å²) in [6.07, 6.45) is 3.39. The molecule has 0 fully saturated rings. The van der Waals surface area contributed by atoms with E-state index in [4.69, 9.17) is 4.74 Å². The van der Waals surface area contributed by atoms with Crippen LogP contribution in [0.25, 0.3) is 11.0 Å². The van der Waals surface area contributed by atoms with Crippen LogP contribution >= 0.6 is 0 Å². The average Bonchev–Trinajstić information content (AvgIpc) is 3.37. The van der Waals surface area contributed by atoms with Gasteiger partial charge in [-0.15, -0.1) is 0 Å². The minimum atomic E-state index is -0.812. The van der Waals surface area contributed by atoms with Crippen LogP contribution in [0.15, 0.2) is 60.9 Å². The van der Waals surface area contributed by atoms with E-state index in [0.717, 1.165) is 24.9 Å². The van der Waals surface area contributed by atoms with Crippen LogP contribution in [0, 0.1) is 11.6 Å². The lowest BCUT2D eigenvalue weighted by Gasteiger charge is -2.13. The molecule has 3 aromatic carbocycles. The van der Waals surface area contributed by atoms with E-state index in [1.807, 2.05) is 12.1 Å². The number of nitrogens with zero attached hydrogens (tertiary/aromatic N) is 1. The summed E-state index contributed by atoms with van der Waals surface area (Å²) < 4.78 is 34.2. The van der Waals surface area contributed by atoms with E-state index in [0.29, 0.717) is 17.3 Å². The van der Waals surface area contributed by atoms with Gasteiger partial charge >= 0.3 is 0 Å². The van der Waals surface area contributed by atoms with E-state index < -0.39 is 17.4 Å². The first kappa shape index (κ1) is 17.8. The van der Waals surface area contributed by atoms with Gasteiger partial charge in [-0.3, -0.25) is 0 Å². The van der Waals surface area contributed by atoms with Gasteiger partial charge in [0.25, 0.3) is 0 Å². The molecule has 0 spiro atoms. The van der Waals surface area contributed by atoms with Gasteiger partial charge in [-0.2, -0.15) is 0 Å². The molecule has 146 valence electrons. The zero-order valence-corrected chi connectivity index (χ0v) is 15.6. The second kappa shape index (κ2) is 7.29. The summed E-state index contributed by atoms with van der Waals surface area (Å²) >= 11 is 0. The van der Waals surface area contributed by atoms with Crippen molar-refractivity contribution in [2.45, 2.75) is 25.4 Å². The van der Waals surface area contributed by atoms with Crippen LogP contribution in [0.4, 0.5) is 8.78 Å². The molecule has 4 aromatic rings. The van der Waals surface area contributed by atoms with Crippen molar-refractivity contribution in [3.8, 4) is 11.5 Å². The van der Waals surface area contributed by atoms with Crippen LogP contribution in [0.2, 0.25) is 0 Å². The Labute approximate surface area is 166 Å². The van der Waals surface area contributed by atoms with Crippen molar-refractivity contribution in [2.75, 3.05) is 0 Å². The molecular formula is C23H19F2N3O. The van der Waals surface area contributed by atoms with Crippen molar-refractivity contribution < 1.29 is 13.5 Å². The van der Waals surface area contributed by atoms with Crippen LogP contribution < -0.4 is 10.1 Å². The van der Waals surface area contributed by atoms with Gasteiger partial charge in [0.2, 0.25) is 5.75 Å². The third-order valence-corrected chi connectivity index (χ3v) is 5.35. The highest BCUT2D eigenvalue weighted by atomic mass is 19.1. The molecule has 0 amide bonds. The van der Waals surface area contributed by atoms with E-state index in [-0.39, 0.29) is 5.52 Å². The van der Waals surface area contributed by atoms with E-state index in [2.05, 4.69) is 39.6 Å². The maximum Gasteiger partial charge on any atom is 0.201 e. The van der Waals surface area contributed by atoms with Crippen molar-refractivity contribution in [1.82, 2.24) is 15.3 Å². The normalized spacial score (nSPS) is 13.7. The van der Waals surface area contributed by atoms with E-state index in [1.165, 1.54) is 23.5 Å². The van der Waals surface area contributed by atoms with Gasteiger partial charge in [0, 0.05) is 18.7 Å². The zero-order valence-electron chi connectivity index (χ0n) is 15.6. The number of rotatable bonds is 5. The van der Waals surface area contributed by atoms with E-state index in [1.54, 1.807) is 12.1 Å². The summed E-state index contributed by atoms with van der Waals surface area (Å²) in [6.45, 7) is 0.723. The predicted octanol–water partition coefficient (Wildman–Crippen LogP) is 4.89.